The summed E-state index contributed by atoms with van der Waals surface area (Å²) in [6.45, 7) is 5.33. The standard InChI is InChI=1S/C22H28N4O2/c1-15(24-16(2)27)17-8-10-18(11-9-17)28-19-13-26(14-19)22-12-23-20-6-4-5-7-21(20)25(22)3/h4-8,10-12,15,17,19,21H,9,13-14H2,1-3H3,(H,24,27)/t15-,17?,21?/m0/s1. The Hall–Kier alpha value is -2.76. The zero-order chi connectivity index (χ0) is 19.7. The van der Waals surface area contributed by atoms with Crippen molar-refractivity contribution in [3.8, 4) is 0 Å². The third-order valence-corrected chi connectivity index (χ3v) is 5.73. The molecule has 0 aromatic heterocycles. The van der Waals surface area contributed by atoms with E-state index in [1.807, 2.05) is 25.3 Å². The van der Waals surface area contributed by atoms with E-state index in [1.54, 1.807) is 6.92 Å². The normalized spacial score (nSPS) is 27.3. The molecular weight excluding hydrogens is 352 g/mol. The minimum absolute atomic E-state index is 0.0136. The lowest BCUT2D eigenvalue weighted by molar-refractivity contribution is -0.119. The van der Waals surface area contributed by atoms with Crippen LogP contribution in [0.2, 0.25) is 0 Å². The highest BCUT2D eigenvalue weighted by atomic mass is 16.5. The van der Waals surface area contributed by atoms with Gasteiger partial charge in [-0.2, -0.15) is 0 Å². The smallest absolute Gasteiger partial charge is 0.217 e. The summed E-state index contributed by atoms with van der Waals surface area (Å²) in [5.41, 5.74) is 1.09. The average molecular weight is 380 g/mol. The number of carbonyl (C=O) groups excluding carboxylic acids is 1. The molecule has 1 N–H and O–H groups in total. The Morgan fingerprint density at radius 2 is 2.11 bits per heavy atom. The van der Waals surface area contributed by atoms with Gasteiger partial charge in [-0.3, -0.25) is 9.79 Å². The van der Waals surface area contributed by atoms with Crippen molar-refractivity contribution in [1.29, 1.82) is 0 Å². The van der Waals surface area contributed by atoms with Crippen LogP contribution >= 0.6 is 0 Å². The fourth-order valence-corrected chi connectivity index (χ4v) is 4.03. The average Bonchev–Trinajstić information content (AvgIpc) is 2.65. The molecule has 6 nitrogen and oxygen atoms in total. The van der Waals surface area contributed by atoms with E-state index < -0.39 is 0 Å². The molecule has 0 bridgehead atoms. The summed E-state index contributed by atoms with van der Waals surface area (Å²) >= 11 is 0. The summed E-state index contributed by atoms with van der Waals surface area (Å²) in [5.74, 6) is 2.41. The van der Waals surface area contributed by atoms with Gasteiger partial charge in [-0.05, 0) is 31.6 Å². The third kappa shape index (κ3) is 3.77. The molecule has 0 aromatic carbocycles. The molecular formula is C22H28N4O2. The highest BCUT2D eigenvalue weighted by Crippen LogP contribution is 2.28. The Kier molecular flexibility index (Phi) is 5.11. The monoisotopic (exact) mass is 380 g/mol. The number of likely N-dealkylation sites (N-methyl/N-ethyl adjacent to an activating group) is 1. The largest absolute Gasteiger partial charge is 0.487 e. The van der Waals surface area contributed by atoms with Crippen LogP contribution in [0, 0.1) is 5.92 Å². The Balaban J connectivity index is 1.27. The van der Waals surface area contributed by atoms with Crippen molar-refractivity contribution in [2.45, 2.75) is 38.5 Å². The molecule has 2 aliphatic carbocycles. The Bertz CT molecular complexity index is 814. The molecule has 1 amide bonds. The minimum Gasteiger partial charge on any atom is -0.487 e. The topological polar surface area (TPSA) is 57.2 Å². The van der Waals surface area contributed by atoms with Gasteiger partial charge in [0, 0.05) is 25.9 Å². The number of amides is 1. The first-order chi connectivity index (χ1) is 13.5. The van der Waals surface area contributed by atoms with Gasteiger partial charge in [-0.15, -0.1) is 0 Å². The molecule has 1 saturated heterocycles. The van der Waals surface area contributed by atoms with Crippen LogP contribution in [0.3, 0.4) is 0 Å². The number of hydrogen-bond acceptors (Lipinski definition) is 5. The van der Waals surface area contributed by atoms with E-state index in [2.05, 4.69) is 57.5 Å². The maximum absolute atomic E-state index is 11.2. The van der Waals surface area contributed by atoms with E-state index in [0.29, 0.717) is 5.92 Å². The first-order valence-corrected chi connectivity index (χ1v) is 9.94. The molecule has 2 heterocycles. The highest BCUT2D eigenvalue weighted by molar-refractivity contribution is 6.02. The molecule has 4 aliphatic rings. The molecule has 4 rings (SSSR count). The highest BCUT2D eigenvalue weighted by Gasteiger charge is 2.35. The van der Waals surface area contributed by atoms with Crippen molar-refractivity contribution in [1.82, 2.24) is 15.1 Å². The van der Waals surface area contributed by atoms with Gasteiger partial charge in [0.2, 0.25) is 5.91 Å². The lowest BCUT2D eigenvalue weighted by atomic mass is 9.93. The van der Waals surface area contributed by atoms with E-state index >= 15 is 0 Å². The number of hydrogen-bond donors (Lipinski definition) is 1. The lowest BCUT2D eigenvalue weighted by Gasteiger charge is -2.47. The number of allylic oxidation sites excluding steroid dienone is 4. The second-order valence-electron chi connectivity index (χ2n) is 7.84. The Morgan fingerprint density at radius 3 is 2.82 bits per heavy atom. The van der Waals surface area contributed by atoms with Crippen molar-refractivity contribution in [2.75, 3.05) is 20.1 Å². The zero-order valence-electron chi connectivity index (χ0n) is 16.7. The van der Waals surface area contributed by atoms with Crippen LogP contribution in [-0.2, 0) is 9.53 Å². The maximum atomic E-state index is 11.2. The first-order valence-electron chi connectivity index (χ1n) is 9.94. The van der Waals surface area contributed by atoms with Crippen molar-refractivity contribution < 1.29 is 9.53 Å². The Labute approximate surface area is 166 Å². The summed E-state index contributed by atoms with van der Waals surface area (Å²) in [4.78, 5) is 20.4. The van der Waals surface area contributed by atoms with Crippen LogP contribution in [0.4, 0.5) is 0 Å². The summed E-state index contributed by atoms with van der Waals surface area (Å²) in [5, 5.41) is 2.96. The fraction of sp³-hybridized carbons (Fsp3) is 0.455. The number of fused-ring (bicyclic) bond motifs is 1. The van der Waals surface area contributed by atoms with Gasteiger partial charge in [0.1, 0.15) is 17.7 Å². The number of nitrogens with one attached hydrogen (secondary N) is 1. The van der Waals surface area contributed by atoms with Gasteiger partial charge in [-0.1, -0.05) is 24.3 Å². The van der Waals surface area contributed by atoms with Crippen LogP contribution in [0.5, 0.6) is 0 Å². The second kappa shape index (κ2) is 7.70. The maximum Gasteiger partial charge on any atom is 0.217 e. The van der Waals surface area contributed by atoms with E-state index in [4.69, 9.17) is 4.74 Å². The van der Waals surface area contributed by atoms with E-state index in [1.165, 1.54) is 0 Å². The fourth-order valence-electron chi connectivity index (χ4n) is 4.03. The molecule has 1 fully saturated rings. The van der Waals surface area contributed by atoms with Crippen LogP contribution in [0.1, 0.15) is 20.3 Å². The van der Waals surface area contributed by atoms with Gasteiger partial charge < -0.3 is 19.9 Å². The van der Waals surface area contributed by atoms with Crippen LogP contribution in [-0.4, -0.2) is 59.7 Å². The number of aliphatic imine (C=N–C) groups is 1. The molecule has 3 atom stereocenters. The van der Waals surface area contributed by atoms with Gasteiger partial charge in [0.15, 0.2) is 0 Å². The molecule has 0 radical (unpaired) electrons. The van der Waals surface area contributed by atoms with E-state index in [-0.39, 0.29) is 24.1 Å². The van der Waals surface area contributed by atoms with Gasteiger partial charge in [0.05, 0.1) is 31.0 Å². The number of ether oxygens (including phenoxy) is 1. The Morgan fingerprint density at radius 1 is 1.29 bits per heavy atom. The van der Waals surface area contributed by atoms with Gasteiger partial charge >= 0.3 is 0 Å². The van der Waals surface area contributed by atoms with Crippen LogP contribution in [0.25, 0.3) is 0 Å². The quantitative estimate of drug-likeness (QED) is 0.796. The predicted molar refractivity (Wildman–Crippen MR) is 110 cm³/mol. The predicted octanol–water partition coefficient (Wildman–Crippen LogP) is 2.35. The first kappa shape index (κ1) is 18.6. The van der Waals surface area contributed by atoms with Gasteiger partial charge in [0.25, 0.3) is 0 Å². The van der Waals surface area contributed by atoms with E-state index in [9.17, 15) is 4.79 Å². The lowest BCUT2D eigenvalue weighted by Crippen LogP contribution is -2.56. The third-order valence-electron chi connectivity index (χ3n) is 5.73. The number of carbonyl (C=O) groups is 1. The molecule has 0 aromatic rings. The van der Waals surface area contributed by atoms with E-state index in [0.717, 1.165) is 36.8 Å². The molecule has 28 heavy (non-hydrogen) atoms. The molecule has 0 saturated carbocycles. The van der Waals surface area contributed by atoms with Crippen molar-refractivity contribution in [2.24, 2.45) is 10.9 Å². The SMILES string of the molecule is CC(=O)N[C@@H](C)C1C=CC(OC2CN(C3=CN=C4C=CC=CC4N3C)C2)=CC1. The van der Waals surface area contributed by atoms with Crippen LogP contribution in [0.15, 0.2) is 65.3 Å². The minimum atomic E-state index is 0.0136. The summed E-state index contributed by atoms with van der Waals surface area (Å²) in [6, 6.07) is 0.352. The molecule has 148 valence electrons. The summed E-state index contributed by atoms with van der Waals surface area (Å²) in [6.07, 6.45) is 17.7. The van der Waals surface area contributed by atoms with Crippen LogP contribution < -0.4 is 5.32 Å². The zero-order valence-corrected chi connectivity index (χ0v) is 16.7. The molecule has 6 heteroatoms. The van der Waals surface area contributed by atoms with Gasteiger partial charge in [-0.25, -0.2) is 0 Å². The van der Waals surface area contributed by atoms with Crippen molar-refractivity contribution in [3.63, 3.8) is 0 Å². The molecule has 0 spiro atoms. The number of nitrogens with zero attached hydrogens (tertiary/aromatic N) is 3. The number of rotatable bonds is 5. The summed E-state index contributed by atoms with van der Waals surface area (Å²) < 4.78 is 6.14. The second-order valence-corrected chi connectivity index (χ2v) is 7.84. The molecule has 2 aliphatic heterocycles. The number of likely N-dealkylation sites (tertiary alicyclic amines) is 1. The molecule has 2 unspecified atom stereocenters. The van der Waals surface area contributed by atoms with Crippen molar-refractivity contribution >= 4 is 11.6 Å². The summed E-state index contributed by atoms with van der Waals surface area (Å²) in [7, 11) is 2.12. The van der Waals surface area contributed by atoms with Crippen molar-refractivity contribution in [3.05, 3.63) is 60.3 Å².